The quantitative estimate of drug-likeness (QED) is 0.868. The molecular weight excluding hydrogens is 250 g/mol. The molecule has 0 radical (unpaired) electrons. The number of rotatable bonds is 5. The predicted molar refractivity (Wildman–Crippen MR) is 82.0 cm³/mol. The van der Waals surface area contributed by atoms with Crippen molar-refractivity contribution in [3.63, 3.8) is 0 Å². The van der Waals surface area contributed by atoms with Crippen molar-refractivity contribution in [3.8, 4) is 0 Å². The van der Waals surface area contributed by atoms with Gasteiger partial charge in [-0.2, -0.15) is 0 Å². The highest BCUT2D eigenvalue weighted by molar-refractivity contribution is 5.99. The molecule has 1 amide bonds. The largest absolute Gasteiger partial charge is 0.385 e. The summed E-state index contributed by atoms with van der Waals surface area (Å²) < 4.78 is 0. The number of amides is 1. The number of nitrogens with zero attached hydrogens (tertiary/aromatic N) is 1. The molecule has 2 rings (SSSR count). The lowest BCUT2D eigenvalue weighted by atomic mass is 10.1. The summed E-state index contributed by atoms with van der Waals surface area (Å²) >= 11 is 0. The first-order valence-electron chi connectivity index (χ1n) is 7.58. The third-order valence-electron chi connectivity index (χ3n) is 4.01. The van der Waals surface area contributed by atoms with Crippen LogP contribution in [0, 0.1) is 18.8 Å². The first-order valence-corrected chi connectivity index (χ1v) is 7.58. The van der Waals surface area contributed by atoms with Crippen molar-refractivity contribution in [1.29, 1.82) is 0 Å². The Morgan fingerprint density at radius 3 is 2.90 bits per heavy atom. The van der Waals surface area contributed by atoms with E-state index in [1.54, 1.807) is 6.20 Å². The number of carbonyl (C=O) groups excluding carboxylic acids is 1. The van der Waals surface area contributed by atoms with Crippen molar-refractivity contribution < 1.29 is 4.79 Å². The van der Waals surface area contributed by atoms with Crippen LogP contribution < -0.4 is 10.6 Å². The van der Waals surface area contributed by atoms with Gasteiger partial charge in [-0.1, -0.05) is 13.3 Å². The zero-order valence-electron chi connectivity index (χ0n) is 12.7. The van der Waals surface area contributed by atoms with Crippen molar-refractivity contribution in [3.05, 3.63) is 23.5 Å². The van der Waals surface area contributed by atoms with Crippen molar-refractivity contribution >= 4 is 11.6 Å². The molecule has 1 aliphatic rings. The summed E-state index contributed by atoms with van der Waals surface area (Å²) in [7, 11) is 0. The van der Waals surface area contributed by atoms with Gasteiger partial charge in [0.1, 0.15) is 0 Å². The number of hydrogen-bond acceptors (Lipinski definition) is 3. The van der Waals surface area contributed by atoms with Gasteiger partial charge in [0.25, 0.3) is 5.91 Å². The Balaban J connectivity index is 1.98. The molecule has 2 N–H and O–H groups in total. The molecule has 20 heavy (non-hydrogen) atoms. The Hall–Kier alpha value is -1.58. The lowest BCUT2D eigenvalue weighted by molar-refractivity contribution is 0.0947. The molecule has 0 saturated heterocycles. The second kappa shape index (κ2) is 6.73. The molecule has 110 valence electrons. The van der Waals surface area contributed by atoms with E-state index >= 15 is 0 Å². The van der Waals surface area contributed by atoms with Crippen molar-refractivity contribution in [2.24, 2.45) is 11.8 Å². The Labute approximate surface area is 121 Å². The maximum Gasteiger partial charge on any atom is 0.254 e. The van der Waals surface area contributed by atoms with E-state index < -0.39 is 0 Å². The Morgan fingerprint density at radius 2 is 2.25 bits per heavy atom. The summed E-state index contributed by atoms with van der Waals surface area (Å²) in [4.78, 5) is 16.5. The highest BCUT2D eigenvalue weighted by Gasteiger charge is 2.22. The zero-order valence-corrected chi connectivity index (χ0v) is 12.7. The minimum atomic E-state index is -0.0204. The number of aryl methyl sites for hydroxylation is 1. The molecule has 2 unspecified atom stereocenters. The molecule has 4 heteroatoms. The van der Waals surface area contributed by atoms with E-state index in [1.165, 1.54) is 19.3 Å². The van der Waals surface area contributed by atoms with E-state index in [9.17, 15) is 4.79 Å². The van der Waals surface area contributed by atoms with E-state index in [-0.39, 0.29) is 5.91 Å². The summed E-state index contributed by atoms with van der Waals surface area (Å²) in [6, 6.07) is 1.93. The summed E-state index contributed by atoms with van der Waals surface area (Å²) in [5, 5.41) is 6.29. The summed E-state index contributed by atoms with van der Waals surface area (Å²) in [6.07, 6.45) is 5.41. The molecule has 0 aromatic carbocycles. The summed E-state index contributed by atoms with van der Waals surface area (Å²) in [5.41, 5.74) is 2.43. The molecule has 1 aliphatic carbocycles. The zero-order chi connectivity index (χ0) is 14.5. The van der Waals surface area contributed by atoms with Gasteiger partial charge in [0.2, 0.25) is 0 Å². The fraction of sp³-hybridized carbons (Fsp3) is 0.625. The molecule has 1 aromatic heterocycles. The number of carbonyl (C=O) groups is 1. The molecule has 2 atom stereocenters. The van der Waals surface area contributed by atoms with Crippen LogP contribution in [-0.4, -0.2) is 24.0 Å². The fourth-order valence-corrected chi connectivity index (χ4v) is 2.92. The SMILES string of the molecule is CCNc1cc(C)ncc1C(=O)NCC1CCC(C)C1. The number of hydrogen-bond donors (Lipinski definition) is 2. The first-order chi connectivity index (χ1) is 9.60. The molecule has 4 nitrogen and oxygen atoms in total. The van der Waals surface area contributed by atoms with Crippen LogP contribution in [0.1, 0.15) is 49.2 Å². The van der Waals surface area contributed by atoms with Crippen LogP contribution in [0.5, 0.6) is 0 Å². The van der Waals surface area contributed by atoms with Gasteiger partial charge >= 0.3 is 0 Å². The van der Waals surface area contributed by atoms with E-state index in [0.29, 0.717) is 11.5 Å². The van der Waals surface area contributed by atoms with Crippen LogP contribution in [0.3, 0.4) is 0 Å². The molecule has 0 aliphatic heterocycles. The van der Waals surface area contributed by atoms with E-state index in [2.05, 4.69) is 22.5 Å². The Kier molecular flexibility index (Phi) is 4.99. The van der Waals surface area contributed by atoms with Gasteiger partial charge in [-0.15, -0.1) is 0 Å². The lowest BCUT2D eigenvalue weighted by Crippen LogP contribution is -2.29. The first kappa shape index (κ1) is 14.8. The Bertz CT molecular complexity index is 473. The standard InChI is InChI=1S/C16H25N3O/c1-4-17-15-8-12(3)18-10-14(15)16(20)19-9-13-6-5-11(2)7-13/h8,10-11,13H,4-7,9H2,1-3H3,(H,17,18)(H,19,20). The number of pyridine rings is 1. The van der Waals surface area contributed by atoms with Crippen molar-refractivity contribution in [2.75, 3.05) is 18.4 Å². The van der Waals surface area contributed by atoms with Gasteiger partial charge in [-0.05, 0) is 44.6 Å². The minimum Gasteiger partial charge on any atom is -0.385 e. The maximum absolute atomic E-state index is 12.3. The Morgan fingerprint density at radius 1 is 1.45 bits per heavy atom. The van der Waals surface area contributed by atoms with Crippen LogP contribution in [0.15, 0.2) is 12.3 Å². The second-order valence-electron chi connectivity index (χ2n) is 5.90. The van der Waals surface area contributed by atoms with Gasteiger partial charge in [-0.3, -0.25) is 9.78 Å². The molecule has 1 aromatic rings. The van der Waals surface area contributed by atoms with Gasteiger partial charge < -0.3 is 10.6 Å². The van der Waals surface area contributed by atoms with Gasteiger partial charge in [0.15, 0.2) is 0 Å². The minimum absolute atomic E-state index is 0.0204. The predicted octanol–water partition coefficient (Wildman–Crippen LogP) is 2.99. The number of anilines is 1. The average molecular weight is 275 g/mol. The summed E-state index contributed by atoms with van der Waals surface area (Å²) in [6.45, 7) is 7.82. The summed E-state index contributed by atoms with van der Waals surface area (Å²) in [5.74, 6) is 1.42. The average Bonchev–Trinajstić information content (AvgIpc) is 2.82. The maximum atomic E-state index is 12.3. The van der Waals surface area contributed by atoms with E-state index in [1.807, 2.05) is 19.9 Å². The van der Waals surface area contributed by atoms with Crippen molar-refractivity contribution in [1.82, 2.24) is 10.3 Å². The molecular formula is C16H25N3O. The topological polar surface area (TPSA) is 54.0 Å². The van der Waals surface area contributed by atoms with Gasteiger partial charge in [0.05, 0.1) is 11.3 Å². The van der Waals surface area contributed by atoms with Crippen LogP contribution in [0.2, 0.25) is 0 Å². The molecule has 0 spiro atoms. The van der Waals surface area contributed by atoms with Crippen molar-refractivity contribution in [2.45, 2.75) is 40.0 Å². The molecule has 0 bridgehead atoms. The monoisotopic (exact) mass is 275 g/mol. The normalized spacial score (nSPS) is 21.8. The molecule has 1 saturated carbocycles. The van der Waals surface area contributed by atoms with E-state index in [0.717, 1.165) is 30.4 Å². The fourth-order valence-electron chi connectivity index (χ4n) is 2.92. The number of aromatic nitrogens is 1. The van der Waals surface area contributed by atoms with Crippen LogP contribution in [0.4, 0.5) is 5.69 Å². The third-order valence-corrected chi connectivity index (χ3v) is 4.01. The van der Waals surface area contributed by atoms with Gasteiger partial charge in [-0.25, -0.2) is 0 Å². The van der Waals surface area contributed by atoms with Crippen LogP contribution >= 0.6 is 0 Å². The third kappa shape index (κ3) is 3.71. The van der Waals surface area contributed by atoms with Crippen LogP contribution in [0.25, 0.3) is 0 Å². The highest BCUT2D eigenvalue weighted by Crippen LogP contribution is 2.29. The number of nitrogens with one attached hydrogen (secondary N) is 2. The highest BCUT2D eigenvalue weighted by atomic mass is 16.1. The lowest BCUT2D eigenvalue weighted by Gasteiger charge is -2.14. The second-order valence-corrected chi connectivity index (χ2v) is 5.90. The van der Waals surface area contributed by atoms with Crippen LogP contribution in [-0.2, 0) is 0 Å². The smallest absolute Gasteiger partial charge is 0.254 e. The molecule has 1 fully saturated rings. The van der Waals surface area contributed by atoms with E-state index in [4.69, 9.17) is 0 Å². The molecule has 1 heterocycles. The van der Waals surface area contributed by atoms with Gasteiger partial charge in [0, 0.05) is 25.0 Å².